The first kappa shape index (κ1) is 10.2. The van der Waals surface area contributed by atoms with Gasteiger partial charge < -0.3 is 4.90 Å². The molecule has 4 heteroatoms. The molecule has 0 spiro atoms. The molecule has 1 amide bonds. The van der Waals surface area contributed by atoms with Crippen LogP contribution in [0.2, 0.25) is 0 Å². The van der Waals surface area contributed by atoms with Crippen molar-refractivity contribution in [1.82, 2.24) is 4.90 Å². The number of hydrogen-bond donors (Lipinski definition) is 0. The number of nitrogens with zero attached hydrogens (tertiary/aromatic N) is 1. The minimum Gasteiger partial charge on any atom is -0.335 e. The molecule has 1 aliphatic rings. The van der Waals surface area contributed by atoms with E-state index in [0.717, 1.165) is 17.4 Å². The fourth-order valence-electron chi connectivity index (χ4n) is 1.48. The second-order valence-corrected chi connectivity index (χ2v) is 5.00. The van der Waals surface area contributed by atoms with Crippen LogP contribution in [0.15, 0.2) is 16.8 Å². The zero-order chi connectivity index (χ0) is 9.97. The topological polar surface area (TPSA) is 20.3 Å². The fraction of sp³-hybridized carbons (Fsp3) is 0.500. The van der Waals surface area contributed by atoms with Gasteiger partial charge in [0.2, 0.25) is 0 Å². The Bertz CT molecular complexity index is 308. The van der Waals surface area contributed by atoms with Gasteiger partial charge in [0.25, 0.3) is 5.91 Å². The van der Waals surface area contributed by atoms with Crippen LogP contribution in [-0.2, 0) is 0 Å². The monoisotopic (exact) mass is 273 g/mol. The third-order valence-corrected chi connectivity index (χ3v) is 3.38. The van der Waals surface area contributed by atoms with Crippen LogP contribution < -0.4 is 0 Å². The average Bonchev–Trinajstić information content (AvgIpc) is 2.88. The Kier molecular flexibility index (Phi) is 3.23. The summed E-state index contributed by atoms with van der Waals surface area (Å²) in [5, 5.41) is 4.73. The molecule has 0 aliphatic heterocycles. The molecule has 1 fully saturated rings. The van der Waals surface area contributed by atoms with Gasteiger partial charge in [-0.25, -0.2) is 0 Å². The van der Waals surface area contributed by atoms with Crippen LogP contribution >= 0.6 is 27.3 Å². The predicted molar refractivity (Wildman–Crippen MR) is 62.2 cm³/mol. The van der Waals surface area contributed by atoms with Crippen LogP contribution in [-0.4, -0.2) is 28.7 Å². The Labute approximate surface area is 96.0 Å². The second kappa shape index (κ2) is 4.45. The third-order valence-electron chi connectivity index (χ3n) is 2.34. The number of carbonyl (C=O) groups is 1. The Morgan fingerprint density at radius 2 is 2.43 bits per heavy atom. The first-order valence-electron chi connectivity index (χ1n) is 4.72. The average molecular weight is 274 g/mol. The normalized spacial score (nSPS) is 15.5. The van der Waals surface area contributed by atoms with Crippen LogP contribution in [0.3, 0.4) is 0 Å². The molecule has 0 radical (unpaired) electrons. The Morgan fingerprint density at radius 1 is 1.64 bits per heavy atom. The highest BCUT2D eigenvalue weighted by molar-refractivity contribution is 9.09. The van der Waals surface area contributed by atoms with E-state index in [0.29, 0.717) is 6.04 Å². The number of thiophene rings is 1. The summed E-state index contributed by atoms with van der Waals surface area (Å²) in [4.78, 5) is 14.0. The predicted octanol–water partition coefficient (Wildman–Crippen LogP) is 2.75. The molecule has 1 saturated carbocycles. The smallest absolute Gasteiger partial charge is 0.254 e. The minimum atomic E-state index is 0.188. The van der Waals surface area contributed by atoms with Gasteiger partial charge in [0.05, 0.1) is 5.56 Å². The Hall–Kier alpha value is -0.350. The summed E-state index contributed by atoms with van der Waals surface area (Å²) < 4.78 is 0. The summed E-state index contributed by atoms with van der Waals surface area (Å²) in [5.41, 5.74) is 0.836. The van der Waals surface area contributed by atoms with Crippen molar-refractivity contribution in [3.63, 3.8) is 0 Å². The maximum atomic E-state index is 12.0. The van der Waals surface area contributed by atoms with Gasteiger partial charge in [-0.05, 0) is 24.3 Å². The Morgan fingerprint density at radius 3 is 2.93 bits per heavy atom. The molecule has 1 aromatic heterocycles. The SMILES string of the molecule is O=C(c1ccsc1)N(CCBr)C1CC1. The molecule has 1 aromatic rings. The highest BCUT2D eigenvalue weighted by Crippen LogP contribution is 2.28. The summed E-state index contributed by atoms with van der Waals surface area (Å²) in [6, 6.07) is 2.40. The van der Waals surface area contributed by atoms with Crippen LogP contribution in [0.1, 0.15) is 23.2 Å². The lowest BCUT2D eigenvalue weighted by Gasteiger charge is -2.20. The summed E-state index contributed by atoms with van der Waals surface area (Å²) in [5.74, 6) is 0.188. The van der Waals surface area contributed by atoms with E-state index in [1.807, 2.05) is 21.7 Å². The van der Waals surface area contributed by atoms with E-state index in [2.05, 4.69) is 15.9 Å². The van der Waals surface area contributed by atoms with Gasteiger partial charge in [0.15, 0.2) is 0 Å². The summed E-state index contributed by atoms with van der Waals surface area (Å²) in [6.45, 7) is 0.819. The van der Waals surface area contributed by atoms with Crippen LogP contribution in [0.4, 0.5) is 0 Å². The molecule has 0 aromatic carbocycles. The molecule has 0 bridgehead atoms. The molecule has 1 heterocycles. The van der Waals surface area contributed by atoms with E-state index in [9.17, 15) is 4.79 Å². The van der Waals surface area contributed by atoms with E-state index in [1.165, 1.54) is 12.8 Å². The van der Waals surface area contributed by atoms with Gasteiger partial charge in [0, 0.05) is 23.3 Å². The molecular weight excluding hydrogens is 262 g/mol. The number of amides is 1. The van der Waals surface area contributed by atoms with Crippen molar-refractivity contribution in [1.29, 1.82) is 0 Å². The number of halogens is 1. The molecular formula is C10H12BrNOS. The number of alkyl halides is 1. The third kappa shape index (κ3) is 2.17. The van der Waals surface area contributed by atoms with Crippen molar-refractivity contribution in [2.75, 3.05) is 11.9 Å². The molecule has 14 heavy (non-hydrogen) atoms. The number of rotatable bonds is 4. The first-order chi connectivity index (χ1) is 6.83. The summed E-state index contributed by atoms with van der Waals surface area (Å²) in [6.07, 6.45) is 2.34. The van der Waals surface area contributed by atoms with Gasteiger partial charge in [-0.15, -0.1) is 0 Å². The molecule has 0 atom stereocenters. The highest BCUT2D eigenvalue weighted by atomic mass is 79.9. The van der Waals surface area contributed by atoms with Gasteiger partial charge in [0.1, 0.15) is 0 Å². The maximum Gasteiger partial charge on any atom is 0.254 e. The van der Waals surface area contributed by atoms with Gasteiger partial charge >= 0.3 is 0 Å². The zero-order valence-electron chi connectivity index (χ0n) is 7.78. The van der Waals surface area contributed by atoms with Crippen LogP contribution in [0, 0.1) is 0 Å². The molecule has 1 aliphatic carbocycles. The zero-order valence-corrected chi connectivity index (χ0v) is 10.2. The standard InChI is InChI=1S/C10H12BrNOS/c11-4-5-12(9-1-2-9)10(13)8-3-6-14-7-8/h3,6-7,9H,1-2,4-5H2. The lowest BCUT2D eigenvalue weighted by Crippen LogP contribution is -2.34. The van der Waals surface area contributed by atoms with E-state index < -0.39 is 0 Å². The Balaban J connectivity index is 2.07. The lowest BCUT2D eigenvalue weighted by atomic mass is 10.3. The first-order valence-corrected chi connectivity index (χ1v) is 6.78. The molecule has 0 saturated heterocycles. The van der Waals surface area contributed by atoms with Crippen LogP contribution in [0.5, 0.6) is 0 Å². The lowest BCUT2D eigenvalue weighted by molar-refractivity contribution is 0.0755. The van der Waals surface area contributed by atoms with E-state index in [-0.39, 0.29) is 5.91 Å². The summed E-state index contributed by atoms with van der Waals surface area (Å²) in [7, 11) is 0. The van der Waals surface area contributed by atoms with E-state index in [1.54, 1.807) is 11.3 Å². The van der Waals surface area contributed by atoms with Gasteiger partial charge in [-0.1, -0.05) is 15.9 Å². The number of hydrogen-bond acceptors (Lipinski definition) is 2. The molecule has 0 N–H and O–H groups in total. The second-order valence-electron chi connectivity index (χ2n) is 3.43. The fourth-order valence-corrected chi connectivity index (χ4v) is 2.49. The molecule has 2 nitrogen and oxygen atoms in total. The van der Waals surface area contributed by atoms with Crippen molar-refractivity contribution in [3.8, 4) is 0 Å². The molecule has 2 rings (SSSR count). The van der Waals surface area contributed by atoms with Crippen LogP contribution in [0.25, 0.3) is 0 Å². The van der Waals surface area contributed by atoms with Crippen molar-refractivity contribution in [2.45, 2.75) is 18.9 Å². The largest absolute Gasteiger partial charge is 0.335 e. The minimum absolute atomic E-state index is 0.188. The van der Waals surface area contributed by atoms with E-state index in [4.69, 9.17) is 0 Å². The number of carbonyl (C=O) groups excluding carboxylic acids is 1. The maximum absolute atomic E-state index is 12.0. The quantitative estimate of drug-likeness (QED) is 0.773. The highest BCUT2D eigenvalue weighted by Gasteiger charge is 2.32. The van der Waals surface area contributed by atoms with Gasteiger partial charge in [-0.3, -0.25) is 4.79 Å². The van der Waals surface area contributed by atoms with Gasteiger partial charge in [-0.2, -0.15) is 11.3 Å². The molecule has 0 unspecified atom stereocenters. The molecule has 76 valence electrons. The summed E-state index contributed by atoms with van der Waals surface area (Å²) >= 11 is 4.96. The van der Waals surface area contributed by atoms with Crippen molar-refractivity contribution >= 4 is 33.2 Å². The van der Waals surface area contributed by atoms with E-state index >= 15 is 0 Å². The van der Waals surface area contributed by atoms with Crippen molar-refractivity contribution < 1.29 is 4.79 Å². The van der Waals surface area contributed by atoms with Crippen molar-refractivity contribution in [3.05, 3.63) is 22.4 Å². The van der Waals surface area contributed by atoms with Crippen molar-refractivity contribution in [2.24, 2.45) is 0 Å².